The summed E-state index contributed by atoms with van der Waals surface area (Å²) >= 11 is 0. The van der Waals surface area contributed by atoms with Gasteiger partial charge in [-0.1, -0.05) is 6.08 Å². The highest BCUT2D eigenvalue weighted by atomic mass is 15.2. The van der Waals surface area contributed by atoms with E-state index in [-0.39, 0.29) is 5.54 Å². The van der Waals surface area contributed by atoms with Gasteiger partial charge < -0.3 is 5.32 Å². The van der Waals surface area contributed by atoms with Crippen LogP contribution >= 0.6 is 0 Å². The van der Waals surface area contributed by atoms with E-state index < -0.39 is 0 Å². The van der Waals surface area contributed by atoms with Crippen LogP contribution in [0.4, 0.5) is 0 Å². The molecule has 0 radical (unpaired) electrons. The minimum Gasteiger partial charge on any atom is -0.312 e. The Bertz CT molecular complexity index is 318. The maximum absolute atomic E-state index is 4.27. The quantitative estimate of drug-likeness (QED) is 0.767. The first-order chi connectivity index (χ1) is 6.97. The lowest BCUT2D eigenvalue weighted by Crippen LogP contribution is -2.36. The zero-order valence-corrected chi connectivity index (χ0v) is 10.1. The summed E-state index contributed by atoms with van der Waals surface area (Å²) in [6, 6.07) is 2.01. The van der Waals surface area contributed by atoms with Gasteiger partial charge in [0.1, 0.15) is 0 Å². The Morgan fingerprint density at radius 1 is 1.47 bits per heavy atom. The zero-order valence-electron chi connectivity index (χ0n) is 10.1. The van der Waals surface area contributed by atoms with Gasteiger partial charge in [0.15, 0.2) is 0 Å². The summed E-state index contributed by atoms with van der Waals surface area (Å²) in [5, 5.41) is 7.70. The van der Waals surface area contributed by atoms with E-state index >= 15 is 0 Å². The van der Waals surface area contributed by atoms with Gasteiger partial charge in [-0.05, 0) is 45.9 Å². The van der Waals surface area contributed by atoms with Gasteiger partial charge in [-0.3, -0.25) is 4.68 Å². The fraction of sp³-hybridized carbons (Fsp3) is 0.583. The number of hydrogen-bond donors (Lipinski definition) is 1. The molecule has 0 saturated heterocycles. The maximum Gasteiger partial charge on any atom is 0.0847 e. The van der Waals surface area contributed by atoms with Crippen LogP contribution in [0.5, 0.6) is 0 Å². The van der Waals surface area contributed by atoms with Crippen molar-refractivity contribution in [2.75, 3.05) is 6.54 Å². The summed E-state index contributed by atoms with van der Waals surface area (Å²) < 4.78 is 1.81. The molecule has 1 heterocycles. The molecule has 0 aliphatic carbocycles. The average Bonchev–Trinajstić information content (AvgIpc) is 2.49. The Hall–Kier alpha value is -1.09. The Morgan fingerprint density at radius 3 is 2.73 bits per heavy atom. The molecule has 0 aliphatic rings. The number of hydrogen-bond acceptors (Lipinski definition) is 2. The first-order valence-corrected chi connectivity index (χ1v) is 5.38. The highest BCUT2D eigenvalue weighted by Crippen LogP contribution is 2.00. The summed E-state index contributed by atoms with van der Waals surface area (Å²) in [7, 11) is 1.93. The Morgan fingerprint density at radius 2 is 2.20 bits per heavy atom. The topological polar surface area (TPSA) is 29.9 Å². The number of rotatable bonds is 4. The molecule has 0 unspecified atom stereocenters. The second kappa shape index (κ2) is 5.12. The van der Waals surface area contributed by atoms with Gasteiger partial charge in [0.05, 0.1) is 5.69 Å². The van der Waals surface area contributed by atoms with Crippen LogP contribution in [-0.4, -0.2) is 21.9 Å². The smallest absolute Gasteiger partial charge is 0.0847 e. The molecule has 15 heavy (non-hydrogen) atoms. The molecule has 0 bridgehead atoms. The fourth-order valence-electron chi connectivity index (χ4n) is 1.26. The van der Waals surface area contributed by atoms with Crippen LogP contribution in [0.25, 0.3) is 6.08 Å². The third kappa shape index (κ3) is 5.37. The molecule has 1 rings (SSSR count). The van der Waals surface area contributed by atoms with E-state index in [1.807, 2.05) is 24.0 Å². The molecule has 1 N–H and O–H groups in total. The Balaban J connectivity index is 2.23. The van der Waals surface area contributed by atoms with Crippen molar-refractivity contribution in [3.8, 4) is 0 Å². The minimum atomic E-state index is 0.207. The first-order valence-electron chi connectivity index (χ1n) is 5.38. The molecular weight excluding hydrogens is 186 g/mol. The molecule has 0 aromatic carbocycles. The SMILES string of the molecule is Cn1ccc(/C=C/CCNC(C)(C)C)n1. The van der Waals surface area contributed by atoms with Crippen LogP contribution in [0.15, 0.2) is 18.3 Å². The molecule has 0 fully saturated rings. The number of nitrogens with zero attached hydrogens (tertiary/aromatic N) is 2. The Kier molecular flexibility index (Phi) is 4.09. The third-order valence-corrected chi connectivity index (χ3v) is 1.99. The van der Waals surface area contributed by atoms with Gasteiger partial charge in [0.2, 0.25) is 0 Å². The highest BCUT2D eigenvalue weighted by Gasteiger charge is 2.06. The zero-order chi connectivity index (χ0) is 11.3. The van der Waals surface area contributed by atoms with E-state index in [2.05, 4.69) is 43.3 Å². The molecule has 0 atom stereocenters. The van der Waals surface area contributed by atoms with Crippen LogP contribution in [-0.2, 0) is 7.05 Å². The van der Waals surface area contributed by atoms with Gasteiger partial charge in [-0.15, -0.1) is 0 Å². The van der Waals surface area contributed by atoms with Gasteiger partial charge in [0, 0.05) is 18.8 Å². The molecule has 84 valence electrons. The number of aryl methyl sites for hydroxylation is 1. The van der Waals surface area contributed by atoms with Crippen molar-refractivity contribution in [1.82, 2.24) is 15.1 Å². The van der Waals surface area contributed by atoms with Crippen molar-refractivity contribution in [2.45, 2.75) is 32.7 Å². The van der Waals surface area contributed by atoms with Crippen LogP contribution < -0.4 is 5.32 Å². The van der Waals surface area contributed by atoms with E-state index in [1.165, 1.54) is 0 Å². The highest BCUT2D eigenvalue weighted by molar-refractivity contribution is 5.43. The van der Waals surface area contributed by atoms with Crippen molar-refractivity contribution in [1.29, 1.82) is 0 Å². The fourth-order valence-corrected chi connectivity index (χ4v) is 1.26. The predicted molar refractivity (Wildman–Crippen MR) is 64.6 cm³/mol. The largest absolute Gasteiger partial charge is 0.312 e. The van der Waals surface area contributed by atoms with E-state index in [1.54, 1.807) is 0 Å². The van der Waals surface area contributed by atoms with Crippen LogP contribution in [0.2, 0.25) is 0 Å². The summed E-state index contributed by atoms with van der Waals surface area (Å²) in [6.07, 6.45) is 7.20. The van der Waals surface area contributed by atoms with Gasteiger partial charge in [-0.2, -0.15) is 5.10 Å². The van der Waals surface area contributed by atoms with E-state index in [0.717, 1.165) is 18.7 Å². The van der Waals surface area contributed by atoms with Crippen molar-refractivity contribution in [2.24, 2.45) is 7.05 Å². The second-order valence-electron chi connectivity index (χ2n) is 4.78. The summed E-state index contributed by atoms with van der Waals surface area (Å²) in [5.74, 6) is 0. The lowest BCUT2D eigenvalue weighted by molar-refractivity contribution is 0.431. The minimum absolute atomic E-state index is 0.207. The van der Waals surface area contributed by atoms with E-state index in [9.17, 15) is 0 Å². The van der Waals surface area contributed by atoms with Gasteiger partial charge >= 0.3 is 0 Å². The molecule has 0 saturated carbocycles. The standard InChI is InChI=1S/C12H21N3/c1-12(2,3)13-9-6-5-7-11-8-10-15(4)14-11/h5,7-8,10,13H,6,9H2,1-4H3/b7-5+. The van der Waals surface area contributed by atoms with Crippen LogP contribution in [0.1, 0.15) is 32.9 Å². The Labute approximate surface area is 92.2 Å². The monoisotopic (exact) mass is 207 g/mol. The average molecular weight is 207 g/mol. The van der Waals surface area contributed by atoms with Gasteiger partial charge in [0.25, 0.3) is 0 Å². The lowest BCUT2D eigenvalue weighted by atomic mass is 10.1. The van der Waals surface area contributed by atoms with Crippen molar-refractivity contribution in [3.05, 3.63) is 24.0 Å². The lowest BCUT2D eigenvalue weighted by Gasteiger charge is -2.19. The van der Waals surface area contributed by atoms with Gasteiger partial charge in [-0.25, -0.2) is 0 Å². The molecule has 0 aliphatic heterocycles. The number of aromatic nitrogens is 2. The molecule has 0 spiro atoms. The predicted octanol–water partition coefficient (Wildman–Crippen LogP) is 2.21. The second-order valence-corrected chi connectivity index (χ2v) is 4.78. The third-order valence-electron chi connectivity index (χ3n) is 1.99. The summed E-state index contributed by atoms with van der Waals surface area (Å²) in [5.41, 5.74) is 1.23. The molecule has 1 aromatic heterocycles. The van der Waals surface area contributed by atoms with E-state index in [0.29, 0.717) is 0 Å². The maximum atomic E-state index is 4.27. The summed E-state index contributed by atoms with van der Waals surface area (Å²) in [4.78, 5) is 0. The molecule has 0 amide bonds. The first kappa shape index (κ1) is 12.0. The number of nitrogens with one attached hydrogen (secondary N) is 1. The molecule has 1 aromatic rings. The van der Waals surface area contributed by atoms with Crippen molar-refractivity contribution < 1.29 is 0 Å². The molecule has 3 nitrogen and oxygen atoms in total. The molecular formula is C12H21N3. The van der Waals surface area contributed by atoms with E-state index in [4.69, 9.17) is 0 Å². The normalized spacial score (nSPS) is 12.5. The van der Waals surface area contributed by atoms with Crippen molar-refractivity contribution in [3.63, 3.8) is 0 Å². The van der Waals surface area contributed by atoms with Crippen LogP contribution in [0.3, 0.4) is 0 Å². The summed E-state index contributed by atoms with van der Waals surface area (Å²) in [6.45, 7) is 7.53. The molecule has 3 heteroatoms. The van der Waals surface area contributed by atoms with Crippen LogP contribution in [0, 0.1) is 0 Å². The van der Waals surface area contributed by atoms with Crippen molar-refractivity contribution >= 4 is 6.08 Å².